The maximum atomic E-state index is 11.7. The Morgan fingerprint density at radius 1 is 0.818 bits per heavy atom. The van der Waals surface area contributed by atoms with Crippen molar-refractivity contribution in [1.29, 1.82) is 0 Å². The maximum absolute atomic E-state index is 11.7. The van der Waals surface area contributed by atoms with Crippen LogP contribution in [-0.2, 0) is 16.5 Å². The van der Waals surface area contributed by atoms with E-state index in [4.69, 9.17) is 4.74 Å². The van der Waals surface area contributed by atoms with Crippen molar-refractivity contribution in [2.45, 2.75) is 95.3 Å². The molecule has 1 N–H and O–H groups in total. The number of rotatable bonds is 16. The number of aryl methyl sites for hydroxylation is 1. The summed E-state index contributed by atoms with van der Waals surface area (Å²) in [5, 5.41) is 11.5. The van der Waals surface area contributed by atoms with E-state index < -0.39 is 10.1 Å². The van der Waals surface area contributed by atoms with Crippen LogP contribution in [0.3, 0.4) is 0 Å². The van der Waals surface area contributed by atoms with E-state index in [9.17, 15) is 18.1 Å². The second-order valence-electron chi connectivity index (χ2n) is 8.47. The van der Waals surface area contributed by atoms with Gasteiger partial charge in [-0.05, 0) is 42.7 Å². The number of hydrogen-bond donors (Lipinski definition) is 1. The zero-order valence-corrected chi connectivity index (χ0v) is 23.0. The van der Waals surface area contributed by atoms with Crippen molar-refractivity contribution in [3.8, 4) is 17.2 Å². The molecule has 0 fully saturated rings. The fourth-order valence-electron chi connectivity index (χ4n) is 3.84. The van der Waals surface area contributed by atoms with Crippen molar-refractivity contribution in [2.24, 2.45) is 0 Å². The van der Waals surface area contributed by atoms with Crippen molar-refractivity contribution >= 4 is 10.1 Å². The SMILES string of the molecule is CCCCCCCCCCCCCCc1ccc(S(=O)(=O)O)c(Oc2cccc([O-])c2)c1.[Na+]. The summed E-state index contributed by atoms with van der Waals surface area (Å²) < 4.78 is 38.6. The number of hydrogen-bond acceptors (Lipinski definition) is 4. The van der Waals surface area contributed by atoms with Crippen LogP contribution < -0.4 is 39.4 Å². The van der Waals surface area contributed by atoms with Gasteiger partial charge in [0.05, 0.1) is 0 Å². The molecule has 0 aliphatic carbocycles. The molecule has 0 bridgehead atoms. The molecule has 0 aliphatic heterocycles. The van der Waals surface area contributed by atoms with Crippen LogP contribution in [0.1, 0.15) is 89.5 Å². The Kier molecular flexibility index (Phi) is 15.0. The summed E-state index contributed by atoms with van der Waals surface area (Å²) in [6.07, 6.45) is 16.2. The Morgan fingerprint density at radius 2 is 1.39 bits per heavy atom. The van der Waals surface area contributed by atoms with Crippen molar-refractivity contribution in [3.63, 3.8) is 0 Å². The minimum absolute atomic E-state index is 0. The monoisotopic (exact) mass is 484 g/mol. The molecule has 0 radical (unpaired) electrons. The minimum Gasteiger partial charge on any atom is -0.872 e. The van der Waals surface area contributed by atoms with E-state index in [-0.39, 0.29) is 51.7 Å². The Bertz CT molecular complexity index is 915. The third kappa shape index (κ3) is 12.3. The summed E-state index contributed by atoms with van der Waals surface area (Å²) in [6, 6.07) is 10.5. The molecule has 0 spiro atoms. The summed E-state index contributed by atoms with van der Waals surface area (Å²) in [4.78, 5) is -0.299. The predicted octanol–water partition coefficient (Wildman–Crippen LogP) is 4.05. The molecule has 178 valence electrons. The van der Waals surface area contributed by atoms with Crippen LogP contribution in [0.2, 0.25) is 0 Å². The van der Waals surface area contributed by atoms with Gasteiger partial charge < -0.3 is 9.84 Å². The van der Waals surface area contributed by atoms with Crippen LogP contribution in [0, 0.1) is 0 Å². The first-order valence-corrected chi connectivity index (χ1v) is 13.4. The fourth-order valence-corrected chi connectivity index (χ4v) is 4.43. The summed E-state index contributed by atoms with van der Waals surface area (Å²) >= 11 is 0. The van der Waals surface area contributed by atoms with Crippen LogP contribution >= 0.6 is 0 Å². The average molecular weight is 485 g/mol. The zero-order chi connectivity index (χ0) is 23.2. The van der Waals surface area contributed by atoms with Crippen molar-refractivity contribution in [2.75, 3.05) is 0 Å². The average Bonchev–Trinajstić information content (AvgIpc) is 2.74. The van der Waals surface area contributed by atoms with Crippen LogP contribution in [-0.4, -0.2) is 13.0 Å². The van der Waals surface area contributed by atoms with Crippen molar-refractivity contribution < 1.29 is 52.4 Å². The van der Waals surface area contributed by atoms with Crippen molar-refractivity contribution in [3.05, 3.63) is 48.0 Å². The molecule has 2 rings (SSSR count). The maximum Gasteiger partial charge on any atom is 1.00 e. The van der Waals surface area contributed by atoms with E-state index >= 15 is 0 Å². The summed E-state index contributed by atoms with van der Waals surface area (Å²) in [7, 11) is -4.43. The summed E-state index contributed by atoms with van der Waals surface area (Å²) in [5.41, 5.74) is 0.942. The molecule has 0 saturated carbocycles. The number of benzene rings is 2. The Morgan fingerprint density at radius 3 is 1.94 bits per heavy atom. The zero-order valence-electron chi connectivity index (χ0n) is 20.2. The quantitative estimate of drug-likeness (QED) is 0.221. The van der Waals surface area contributed by atoms with Gasteiger partial charge in [-0.2, -0.15) is 8.42 Å². The summed E-state index contributed by atoms with van der Waals surface area (Å²) in [5.74, 6) is 0.0444. The van der Waals surface area contributed by atoms with Gasteiger partial charge in [-0.1, -0.05) is 95.8 Å². The third-order valence-electron chi connectivity index (χ3n) is 5.64. The molecule has 0 aromatic heterocycles. The normalized spacial score (nSPS) is 11.2. The Balaban J connectivity index is 0.00000544. The Labute approximate surface area is 222 Å². The van der Waals surface area contributed by atoms with E-state index in [1.165, 1.54) is 82.4 Å². The van der Waals surface area contributed by atoms with Gasteiger partial charge in [0.15, 0.2) is 0 Å². The van der Waals surface area contributed by atoms with Gasteiger partial charge in [0.1, 0.15) is 16.4 Å². The van der Waals surface area contributed by atoms with E-state index in [2.05, 4.69) is 6.92 Å². The molecule has 0 heterocycles. The van der Waals surface area contributed by atoms with Gasteiger partial charge in [0, 0.05) is 0 Å². The Hall–Kier alpha value is -1.05. The smallest absolute Gasteiger partial charge is 0.872 e. The molecule has 0 saturated heterocycles. The second-order valence-corrected chi connectivity index (χ2v) is 9.86. The van der Waals surface area contributed by atoms with Crippen LogP contribution in [0.25, 0.3) is 0 Å². The molecule has 0 aliphatic rings. The summed E-state index contributed by atoms with van der Waals surface area (Å²) in [6.45, 7) is 2.25. The second kappa shape index (κ2) is 16.6. The van der Waals surface area contributed by atoms with Crippen LogP contribution in [0.4, 0.5) is 0 Å². The third-order valence-corrected chi connectivity index (χ3v) is 6.53. The van der Waals surface area contributed by atoms with Crippen molar-refractivity contribution in [1.82, 2.24) is 0 Å². The molecule has 0 unspecified atom stereocenters. The molecule has 2 aromatic carbocycles. The number of unbranched alkanes of at least 4 members (excludes halogenated alkanes) is 11. The first kappa shape index (κ1) is 30.0. The first-order chi connectivity index (χ1) is 15.4. The van der Waals surface area contributed by atoms with Gasteiger partial charge in [0.2, 0.25) is 0 Å². The van der Waals surface area contributed by atoms with E-state index in [1.807, 2.05) is 0 Å². The minimum atomic E-state index is -4.43. The van der Waals surface area contributed by atoms with E-state index in [0.29, 0.717) is 0 Å². The predicted molar refractivity (Wildman–Crippen MR) is 127 cm³/mol. The molecule has 0 atom stereocenters. The van der Waals surface area contributed by atoms with Gasteiger partial charge in [-0.25, -0.2) is 0 Å². The first-order valence-electron chi connectivity index (χ1n) is 12.0. The van der Waals surface area contributed by atoms with E-state index in [0.717, 1.165) is 24.8 Å². The van der Waals surface area contributed by atoms with Gasteiger partial charge >= 0.3 is 29.6 Å². The molecule has 0 amide bonds. The topological polar surface area (TPSA) is 86.7 Å². The van der Waals surface area contributed by atoms with Gasteiger partial charge in [-0.15, -0.1) is 5.75 Å². The molecule has 33 heavy (non-hydrogen) atoms. The van der Waals surface area contributed by atoms with Crippen LogP contribution in [0.15, 0.2) is 47.4 Å². The van der Waals surface area contributed by atoms with Gasteiger partial charge in [0.25, 0.3) is 10.1 Å². The number of ether oxygens (including phenoxy) is 1. The standard InChI is InChI=1S/C26H38O5S.Na/c1-2-3-4-5-6-7-8-9-10-11-12-13-15-22-18-19-26(32(28,29)30)25(20-22)31-24-17-14-16-23(27)21-24;/h14,16-21,27H,2-13,15H2,1H3,(H,28,29,30);/q;+1/p-1. The largest absolute Gasteiger partial charge is 1.00 e. The molecule has 7 heteroatoms. The molecular formula is C26H37NaO5S. The molecule has 5 nitrogen and oxygen atoms in total. The molecule has 2 aromatic rings. The van der Waals surface area contributed by atoms with Gasteiger partial charge in [-0.3, -0.25) is 4.55 Å². The fraction of sp³-hybridized carbons (Fsp3) is 0.538. The van der Waals surface area contributed by atoms with Crippen LogP contribution in [0.5, 0.6) is 17.2 Å². The van der Waals surface area contributed by atoms with E-state index in [1.54, 1.807) is 24.3 Å². The molecular weight excluding hydrogens is 447 g/mol.